The smallest absolute Gasteiger partial charge is 0.270 e. The summed E-state index contributed by atoms with van der Waals surface area (Å²) in [6.45, 7) is 5.57. The lowest BCUT2D eigenvalue weighted by atomic mass is 10.1. The molecule has 1 N–H and O–H groups in total. The van der Waals surface area contributed by atoms with Gasteiger partial charge in [-0.1, -0.05) is 5.16 Å². The van der Waals surface area contributed by atoms with Gasteiger partial charge in [-0.3, -0.25) is 4.79 Å². The zero-order valence-corrected chi connectivity index (χ0v) is 12.5. The van der Waals surface area contributed by atoms with Gasteiger partial charge in [0.05, 0.1) is 11.7 Å². The molecule has 2 heterocycles. The van der Waals surface area contributed by atoms with Crippen molar-refractivity contribution in [3.8, 4) is 0 Å². The number of hydrogen-bond acceptors (Lipinski definition) is 4. The molecule has 0 aliphatic carbocycles. The van der Waals surface area contributed by atoms with E-state index in [1.165, 1.54) is 0 Å². The molecule has 100 valence electrons. The summed E-state index contributed by atoms with van der Waals surface area (Å²) < 4.78 is 5.93. The minimum atomic E-state index is -0.222. The molecule has 5 nitrogen and oxygen atoms in total. The first-order valence-electron chi connectivity index (χ1n) is 5.84. The molecule has 2 aromatic heterocycles. The van der Waals surface area contributed by atoms with Gasteiger partial charge in [0.1, 0.15) is 11.5 Å². The number of carbonyl (C=O) groups is 1. The van der Waals surface area contributed by atoms with Crippen molar-refractivity contribution < 1.29 is 9.32 Å². The van der Waals surface area contributed by atoms with Crippen LogP contribution < -0.4 is 5.32 Å². The highest BCUT2D eigenvalue weighted by Gasteiger charge is 2.19. The Bertz CT molecular complexity index is 573. The topological polar surface area (TPSA) is 68.0 Å². The molecule has 0 saturated carbocycles. The summed E-state index contributed by atoms with van der Waals surface area (Å²) in [6.07, 6.45) is 1.59. The van der Waals surface area contributed by atoms with E-state index in [0.29, 0.717) is 11.5 Å². The Morgan fingerprint density at radius 1 is 1.42 bits per heavy atom. The van der Waals surface area contributed by atoms with E-state index in [2.05, 4.69) is 31.4 Å². The van der Waals surface area contributed by atoms with E-state index in [0.717, 1.165) is 15.7 Å². The van der Waals surface area contributed by atoms with E-state index in [4.69, 9.17) is 4.52 Å². The van der Waals surface area contributed by atoms with Gasteiger partial charge in [0.25, 0.3) is 5.91 Å². The summed E-state index contributed by atoms with van der Waals surface area (Å²) in [6, 6.07) is 3.27. The van der Waals surface area contributed by atoms with Gasteiger partial charge in [0.2, 0.25) is 0 Å². The molecule has 0 saturated heterocycles. The highest BCUT2D eigenvalue weighted by Crippen LogP contribution is 2.21. The zero-order valence-electron chi connectivity index (χ0n) is 10.9. The molecule has 0 bridgehead atoms. The lowest BCUT2D eigenvalue weighted by Gasteiger charge is -2.13. The number of carbonyl (C=O) groups excluding carboxylic acids is 1. The van der Waals surface area contributed by atoms with Gasteiger partial charge in [-0.15, -0.1) is 0 Å². The van der Waals surface area contributed by atoms with Crippen LogP contribution in [-0.4, -0.2) is 16.0 Å². The van der Waals surface area contributed by atoms with Crippen LogP contribution in [0.4, 0.5) is 0 Å². The number of halogens is 1. The molecule has 2 rings (SSSR count). The minimum absolute atomic E-state index is 0.177. The van der Waals surface area contributed by atoms with Crippen LogP contribution in [0.25, 0.3) is 0 Å². The Hall–Kier alpha value is -1.69. The van der Waals surface area contributed by atoms with Crippen LogP contribution in [0.1, 0.15) is 40.5 Å². The van der Waals surface area contributed by atoms with Crippen molar-refractivity contribution in [1.82, 2.24) is 15.5 Å². The zero-order chi connectivity index (χ0) is 14.0. The predicted octanol–water partition coefficient (Wildman–Crippen LogP) is 2.94. The quantitative estimate of drug-likeness (QED) is 0.942. The third-order valence-electron chi connectivity index (χ3n) is 2.83. The summed E-state index contributed by atoms with van der Waals surface area (Å²) in [4.78, 5) is 16.1. The Kier molecular flexibility index (Phi) is 3.99. The van der Waals surface area contributed by atoms with Crippen molar-refractivity contribution in [3.05, 3.63) is 45.5 Å². The Balaban J connectivity index is 2.13. The predicted molar refractivity (Wildman–Crippen MR) is 73.8 cm³/mol. The van der Waals surface area contributed by atoms with Crippen LogP contribution in [0.5, 0.6) is 0 Å². The van der Waals surface area contributed by atoms with Crippen LogP contribution in [0.2, 0.25) is 0 Å². The van der Waals surface area contributed by atoms with E-state index in [1.54, 1.807) is 18.3 Å². The standard InChI is InChI=1S/C13H14BrN3O2/c1-7(12-8(2)17-19-9(12)3)16-13(18)11-5-4-10(14)6-15-11/h4-7H,1-3H3,(H,16,18). The van der Waals surface area contributed by atoms with Gasteiger partial charge >= 0.3 is 0 Å². The number of rotatable bonds is 3. The van der Waals surface area contributed by atoms with Gasteiger partial charge in [-0.2, -0.15) is 0 Å². The number of nitrogens with one attached hydrogen (secondary N) is 1. The SMILES string of the molecule is Cc1noc(C)c1C(C)NC(=O)c1ccc(Br)cn1. The molecule has 0 spiro atoms. The van der Waals surface area contributed by atoms with Crippen LogP contribution in [0.15, 0.2) is 27.3 Å². The number of aromatic nitrogens is 2. The highest BCUT2D eigenvalue weighted by molar-refractivity contribution is 9.10. The van der Waals surface area contributed by atoms with Crippen molar-refractivity contribution in [3.63, 3.8) is 0 Å². The maximum Gasteiger partial charge on any atom is 0.270 e. The second-order valence-electron chi connectivity index (χ2n) is 4.29. The molecule has 1 atom stereocenters. The van der Waals surface area contributed by atoms with Gasteiger partial charge in [0.15, 0.2) is 0 Å². The average molecular weight is 324 g/mol. The fourth-order valence-electron chi connectivity index (χ4n) is 1.96. The minimum Gasteiger partial charge on any atom is -0.361 e. The molecule has 0 fully saturated rings. The van der Waals surface area contributed by atoms with Crippen LogP contribution in [0.3, 0.4) is 0 Å². The van der Waals surface area contributed by atoms with E-state index in [-0.39, 0.29) is 11.9 Å². The van der Waals surface area contributed by atoms with Gasteiger partial charge < -0.3 is 9.84 Å². The van der Waals surface area contributed by atoms with E-state index in [9.17, 15) is 4.79 Å². The normalized spacial score (nSPS) is 12.2. The van der Waals surface area contributed by atoms with Crippen LogP contribution >= 0.6 is 15.9 Å². The summed E-state index contributed by atoms with van der Waals surface area (Å²) in [5, 5.41) is 6.76. The molecule has 2 aromatic rings. The molecule has 0 aliphatic rings. The van der Waals surface area contributed by atoms with Gasteiger partial charge in [0, 0.05) is 16.2 Å². The molecule has 1 amide bonds. The Morgan fingerprint density at radius 3 is 2.68 bits per heavy atom. The van der Waals surface area contributed by atoms with Crippen molar-refractivity contribution in [2.45, 2.75) is 26.8 Å². The lowest BCUT2D eigenvalue weighted by molar-refractivity contribution is 0.0934. The number of nitrogens with zero attached hydrogens (tertiary/aromatic N) is 2. The average Bonchev–Trinajstić information content (AvgIpc) is 2.69. The molecular formula is C13H14BrN3O2. The molecule has 0 radical (unpaired) electrons. The summed E-state index contributed by atoms with van der Waals surface area (Å²) in [7, 11) is 0. The largest absolute Gasteiger partial charge is 0.361 e. The van der Waals surface area contributed by atoms with Crippen molar-refractivity contribution in [2.75, 3.05) is 0 Å². The Labute approximate surface area is 119 Å². The maximum atomic E-state index is 12.0. The second-order valence-corrected chi connectivity index (χ2v) is 5.21. The van der Waals surface area contributed by atoms with E-state index in [1.807, 2.05) is 20.8 Å². The first-order chi connectivity index (χ1) is 8.99. The number of aryl methyl sites for hydroxylation is 2. The lowest BCUT2D eigenvalue weighted by Crippen LogP contribution is -2.27. The molecule has 0 aromatic carbocycles. The summed E-state index contributed by atoms with van der Waals surface area (Å²) in [5.74, 6) is 0.495. The summed E-state index contributed by atoms with van der Waals surface area (Å²) in [5.41, 5.74) is 2.07. The molecular weight excluding hydrogens is 310 g/mol. The van der Waals surface area contributed by atoms with Crippen molar-refractivity contribution in [1.29, 1.82) is 0 Å². The van der Waals surface area contributed by atoms with E-state index < -0.39 is 0 Å². The monoisotopic (exact) mass is 323 g/mol. The third kappa shape index (κ3) is 3.01. The van der Waals surface area contributed by atoms with Gasteiger partial charge in [-0.05, 0) is 48.8 Å². The van der Waals surface area contributed by atoms with Crippen molar-refractivity contribution >= 4 is 21.8 Å². The van der Waals surface area contributed by atoms with E-state index >= 15 is 0 Å². The second kappa shape index (κ2) is 5.52. The fourth-order valence-corrected chi connectivity index (χ4v) is 2.20. The number of pyridine rings is 1. The summed E-state index contributed by atoms with van der Waals surface area (Å²) >= 11 is 3.28. The maximum absolute atomic E-state index is 12.0. The van der Waals surface area contributed by atoms with Crippen LogP contribution in [-0.2, 0) is 0 Å². The molecule has 6 heteroatoms. The van der Waals surface area contributed by atoms with Crippen molar-refractivity contribution in [2.24, 2.45) is 0 Å². The first-order valence-corrected chi connectivity index (χ1v) is 6.63. The highest BCUT2D eigenvalue weighted by atomic mass is 79.9. The van der Waals surface area contributed by atoms with Crippen LogP contribution in [0, 0.1) is 13.8 Å². The molecule has 1 unspecified atom stereocenters. The number of amides is 1. The first kappa shape index (κ1) is 13.7. The number of hydrogen-bond donors (Lipinski definition) is 1. The fraction of sp³-hybridized carbons (Fsp3) is 0.308. The third-order valence-corrected chi connectivity index (χ3v) is 3.30. The van der Waals surface area contributed by atoms with Gasteiger partial charge in [-0.25, -0.2) is 4.98 Å². The molecule has 0 aliphatic heterocycles. The Morgan fingerprint density at radius 2 is 2.16 bits per heavy atom. The molecule has 19 heavy (non-hydrogen) atoms.